The fourth-order valence-corrected chi connectivity index (χ4v) is 7.53. The predicted octanol–water partition coefficient (Wildman–Crippen LogP) is 4.70. The topological polar surface area (TPSA) is 119 Å². The van der Waals surface area contributed by atoms with Gasteiger partial charge in [-0.1, -0.05) is 0 Å². The lowest BCUT2D eigenvalue weighted by atomic mass is 10.0. The maximum absolute atomic E-state index is 13.8. The summed E-state index contributed by atoms with van der Waals surface area (Å²) in [6.07, 6.45) is 3.67. The van der Waals surface area contributed by atoms with Crippen molar-refractivity contribution in [3.05, 3.63) is 12.7 Å². The molecule has 2 aromatic rings. The molecule has 11 nitrogen and oxygen atoms in total. The van der Waals surface area contributed by atoms with E-state index in [1.807, 2.05) is 62.4 Å². The number of aromatic nitrogens is 4. The highest BCUT2D eigenvalue weighted by atomic mass is 31.2. The van der Waals surface area contributed by atoms with Crippen LogP contribution < -0.4 is 5.32 Å². The Morgan fingerprint density at radius 1 is 1.11 bits per heavy atom. The standard InChI is InChI=1S/C24H38N5O6P/c1-21(2,3)34-36(30,35-22(4,5)6)31-11-24-10-14(24)16(17-18(24)33-23(7,8)32-17)29-13-28-15-19(25-9)26-12-27-20(15)29/h12-14,16-18H,10-11H2,1-9H3,(H,25,26,27)/t14-,16-,17+,18+,24+/m1/s1. The Morgan fingerprint density at radius 3 is 2.39 bits per heavy atom. The number of anilines is 1. The molecule has 3 fully saturated rings. The highest BCUT2D eigenvalue weighted by molar-refractivity contribution is 7.48. The third kappa shape index (κ3) is 4.59. The molecule has 1 N–H and O–H groups in total. The second-order valence-corrected chi connectivity index (χ2v) is 14.0. The van der Waals surface area contributed by atoms with E-state index in [-0.39, 0.29) is 30.8 Å². The first-order valence-electron chi connectivity index (χ1n) is 12.4. The Labute approximate surface area is 212 Å². The van der Waals surface area contributed by atoms with E-state index in [0.717, 1.165) is 12.1 Å². The molecule has 12 heteroatoms. The average molecular weight is 524 g/mol. The smallest absolute Gasteiger partial charge is 0.371 e. The molecule has 1 saturated heterocycles. The third-order valence-electron chi connectivity index (χ3n) is 6.80. The van der Waals surface area contributed by atoms with Crippen molar-refractivity contribution in [2.45, 2.75) is 97.0 Å². The van der Waals surface area contributed by atoms with E-state index in [2.05, 4.69) is 24.8 Å². The van der Waals surface area contributed by atoms with Crippen LogP contribution in [0, 0.1) is 11.3 Å². The number of hydrogen-bond donors (Lipinski definition) is 1. The zero-order valence-electron chi connectivity index (χ0n) is 22.6. The van der Waals surface area contributed by atoms with Gasteiger partial charge < -0.3 is 19.4 Å². The molecule has 5 atom stereocenters. The third-order valence-corrected chi connectivity index (χ3v) is 8.79. The molecule has 0 unspecified atom stereocenters. The molecule has 2 aromatic heterocycles. The zero-order valence-corrected chi connectivity index (χ0v) is 23.5. The Balaban J connectivity index is 1.46. The van der Waals surface area contributed by atoms with Gasteiger partial charge in [-0.05, 0) is 67.7 Å². The Morgan fingerprint density at radius 2 is 1.78 bits per heavy atom. The molecule has 2 saturated carbocycles. The van der Waals surface area contributed by atoms with Crippen LogP contribution in [0.1, 0.15) is 67.9 Å². The summed E-state index contributed by atoms with van der Waals surface area (Å²) >= 11 is 0. The summed E-state index contributed by atoms with van der Waals surface area (Å²) in [4.78, 5) is 13.4. The predicted molar refractivity (Wildman–Crippen MR) is 134 cm³/mol. The first-order valence-corrected chi connectivity index (χ1v) is 13.9. The largest absolute Gasteiger partial charge is 0.475 e. The van der Waals surface area contributed by atoms with Crippen molar-refractivity contribution in [2.75, 3.05) is 19.0 Å². The summed E-state index contributed by atoms with van der Waals surface area (Å²) in [7, 11) is -2.06. The van der Waals surface area contributed by atoms with Gasteiger partial charge in [0.1, 0.15) is 17.9 Å². The number of phosphoric acid groups is 1. The fourth-order valence-electron chi connectivity index (χ4n) is 5.65. The Hall–Kier alpha value is -1.62. The number of fused-ring (bicyclic) bond motifs is 4. The first-order chi connectivity index (χ1) is 16.6. The number of nitrogens with zero attached hydrogens (tertiary/aromatic N) is 4. The van der Waals surface area contributed by atoms with Crippen molar-refractivity contribution < 1.29 is 27.6 Å². The monoisotopic (exact) mass is 523 g/mol. The van der Waals surface area contributed by atoms with Crippen molar-refractivity contribution in [1.29, 1.82) is 0 Å². The second kappa shape index (κ2) is 8.19. The SMILES string of the molecule is CNc1ncnc2c1ncn2[C@H]1[C@@H]2OC(C)(C)O[C@@H]2[C@]2(COP(=O)(OC(C)(C)C)OC(C)(C)C)C[C@H]12. The van der Waals surface area contributed by atoms with Crippen LogP contribution in [-0.2, 0) is 27.6 Å². The minimum absolute atomic E-state index is 0.0727. The van der Waals surface area contributed by atoms with Gasteiger partial charge in [0.25, 0.3) is 0 Å². The molecule has 0 aromatic carbocycles. The van der Waals surface area contributed by atoms with Crippen LogP contribution in [0.25, 0.3) is 11.2 Å². The number of imidazole rings is 1. The minimum atomic E-state index is -3.87. The quantitative estimate of drug-likeness (QED) is 0.511. The van der Waals surface area contributed by atoms with Gasteiger partial charge in [-0.2, -0.15) is 0 Å². The van der Waals surface area contributed by atoms with Crippen LogP contribution in [0.3, 0.4) is 0 Å². The molecule has 3 heterocycles. The number of hydrogen-bond acceptors (Lipinski definition) is 10. The maximum atomic E-state index is 13.8. The second-order valence-electron chi connectivity index (χ2n) is 12.5. The first kappa shape index (κ1) is 26.0. The molecule has 200 valence electrons. The van der Waals surface area contributed by atoms with Crippen molar-refractivity contribution in [3.8, 4) is 0 Å². The summed E-state index contributed by atoms with van der Waals surface area (Å²) in [6.45, 7) is 15.0. The molecule has 3 aliphatic rings. The van der Waals surface area contributed by atoms with E-state index in [0.29, 0.717) is 11.3 Å². The fraction of sp³-hybridized carbons (Fsp3) is 0.792. The summed E-state index contributed by atoms with van der Waals surface area (Å²) in [6, 6.07) is -0.0727. The summed E-state index contributed by atoms with van der Waals surface area (Å²) in [5.41, 5.74) is -0.384. The average Bonchev–Trinajstić information content (AvgIpc) is 2.98. The van der Waals surface area contributed by atoms with Gasteiger partial charge in [0.15, 0.2) is 17.3 Å². The van der Waals surface area contributed by atoms with Crippen LogP contribution in [0.5, 0.6) is 0 Å². The van der Waals surface area contributed by atoms with Crippen LogP contribution in [0.2, 0.25) is 0 Å². The number of rotatable bonds is 7. The molecule has 0 amide bonds. The molecule has 1 aliphatic heterocycles. The lowest BCUT2D eigenvalue weighted by molar-refractivity contribution is -0.163. The van der Waals surface area contributed by atoms with E-state index in [1.54, 1.807) is 6.33 Å². The van der Waals surface area contributed by atoms with Gasteiger partial charge in [0, 0.05) is 12.5 Å². The molecule has 2 aliphatic carbocycles. The molecular weight excluding hydrogens is 485 g/mol. The molecule has 0 radical (unpaired) electrons. The van der Waals surface area contributed by atoms with Crippen LogP contribution >= 0.6 is 7.82 Å². The number of phosphoric ester groups is 1. The lowest BCUT2D eigenvalue weighted by Gasteiger charge is -2.32. The maximum Gasteiger partial charge on any atom is 0.475 e. The van der Waals surface area contributed by atoms with Gasteiger partial charge in [0.05, 0.1) is 36.3 Å². The van der Waals surface area contributed by atoms with Gasteiger partial charge in [-0.25, -0.2) is 19.5 Å². The molecule has 36 heavy (non-hydrogen) atoms. The van der Waals surface area contributed by atoms with Crippen LogP contribution in [0.4, 0.5) is 5.82 Å². The minimum Gasteiger partial charge on any atom is -0.371 e. The highest BCUT2D eigenvalue weighted by Crippen LogP contribution is 2.73. The number of ether oxygens (including phenoxy) is 2. The summed E-state index contributed by atoms with van der Waals surface area (Å²) < 4.78 is 46.5. The van der Waals surface area contributed by atoms with E-state index in [4.69, 9.17) is 23.0 Å². The van der Waals surface area contributed by atoms with Crippen LogP contribution in [-0.4, -0.2) is 62.4 Å². The van der Waals surface area contributed by atoms with Gasteiger partial charge in [-0.3, -0.25) is 13.6 Å². The van der Waals surface area contributed by atoms with E-state index in [1.165, 1.54) is 6.33 Å². The van der Waals surface area contributed by atoms with E-state index in [9.17, 15) is 4.57 Å². The van der Waals surface area contributed by atoms with Crippen molar-refractivity contribution in [2.24, 2.45) is 11.3 Å². The molecular formula is C24H38N5O6P. The Bertz CT molecular complexity index is 1180. The van der Waals surface area contributed by atoms with Crippen molar-refractivity contribution in [3.63, 3.8) is 0 Å². The highest BCUT2D eigenvalue weighted by Gasteiger charge is 2.76. The van der Waals surface area contributed by atoms with Crippen LogP contribution in [0.15, 0.2) is 12.7 Å². The molecule has 5 rings (SSSR count). The van der Waals surface area contributed by atoms with Crippen molar-refractivity contribution in [1.82, 2.24) is 19.5 Å². The molecule has 0 spiro atoms. The summed E-state index contributed by atoms with van der Waals surface area (Å²) in [5.74, 6) is 0.0670. The number of nitrogens with one attached hydrogen (secondary N) is 1. The van der Waals surface area contributed by atoms with E-state index < -0.39 is 30.2 Å². The van der Waals surface area contributed by atoms with E-state index >= 15 is 0 Å². The molecule has 0 bridgehead atoms. The van der Waals surface area contributed by atoms with Gasteiger partial charge >= 0.3 is 7.82 Å². The van der Waals surface area contributed by atoms with Gasteiger partial charge in [0.2, 0.25) is 0 Å². The Kier molecular flexibility index (Phi) is 5.91. The summed E-state index contributed by atoms with van der Waals surface area (Å²) in [5, 5.41) is 3.07. The normalized spacial score (nSPS) is 31.5. The zero-order chi connectivity index (χ0) is 26.3. The van der Waals surface area contributed by atoms with Gasteiger partial charge in [-0.15, -0.1) is 0 Å². The lowest BCUT2D eigenvalue weighted by Crippen LogP contribution is -2.34. The van der Waals surface area contributed by atoms with Crippen molar-refractivity contribution >= 4 is 24.8 Å².